The van der Waals surface area contributed by atoms with Crippen molar-refractivity contribution in [2.75, 3.05) is 0 Å². The minimum Gasteiger partial charge on any atom is -0.384 e. The van der Waals surface area contributed by atoms with Gasteiger partial charge in [0.1, 0.15) is 0 Å². The lowest BCUT2D eigenvalue weighted by atomic mass is 10.1. The maximum atomic E-state index is 9.58. The number of aliphatic hydroxyl groups is 1. The predicted molar refractivity (Wildman–Crippen MR) is 68.6 cm³/mol. The smallest absolute Gasteiger partial charge is 0.0969 e. The van der Waals surface area contributed by atoms with Gasteiger partial charge in [-0.1, -0.05) is 36.9 Å². The average molecular weight is 213 g/mol. The second-order valence-electron chi connectivity index (χ2n) is 3.34. The van der Waals surface area contributed by atoms with Crippen LogP contribution in [0.1, 0.15) is 17.2 Å². The van der Waals surface area contributed by atoms with Crippen LogP contribution in [-0.2, 0) is 0 Å². The van der Waals surface area contributed by atoms with Crippen molar-refractivity contribution in [3.05, 3.63) is 66.8 Å². The van der Waals surface area contributed by atoms with Crippen molar-refractivity contribution in [2.45, 2.75) is 6.10 Å². The number of benzene rings is 1. The number of nitrogens with one attached hydrogen (secondary N) is 1. The fourth-order valence-electron chi connectivity index (χ4n) is 1.24. The van der Waals surface area contributed by atoms with Crippen molar-refractivity contribution in [1.29, 1.82) is 5.41 Å². The van der Waals surface area contributed by atoms with Crippen molar-refractivity contribution in [3.63, 3.8) is 0 Å². The van der Waals surface area contributed by atoms with E-state index in [-0.39, 0.29) is 0 Å². The molecule has 0 aromatic heterocycles. The molecule has 0 aliphatic rings. The predicted octanol–water partition coefficient (Wildman–Crippen LogP) is 3.12. The summed E-state index contributed by atoms with van der Waals surface area (Å²) in [6, 6.07) is 7.47. The maximum Gasteiger partial charge on any atom is 0.0969 e. The fraction of sp³-hybridized carbons (Fsp3) is 0.0714. The lowest BCUT2D eigenvalue weighted by molar-refractivity contribution is 0.229. The van der Waals surface area contributed by atoms with E-state index in [1.165, 1.54) is 12.2 Å². The van der Waals surface area contributed by atoms with E-state index in [4.69, 9.17) is 5.41 Å². The van der Waals surface area contributed by atoms with Crippen molar-refractivity contribution in [2.24, 2.45) is 0 Å². The highest BCUT2D eigenvalue weighted by Gasteiger charge is 2.01. The van der Waals surface area contributed by atoms with Gasteiger partial charge in [-0.2, -0.15) is 0 Å². The van der Waals surface area contributed by atoms with Gasteiger partial charge in [0.15, 0.2) is 0 Å². The van der Waals surface area contributed by atoms with Gasteiger partial charge >= 0.3 is 0 Å². The van der Waals surface area contributed by atoms with Gasteiger partial charge in [-0.3, -0.25) is 0 Å². The Bertz CT molecular complexity index is 432. The van der Waals surface area contributed by atoms with Crippen LogP contribution in [0.4, 0.5) is 0 Å². The molecule has 82 valence electrons. The summed E-state index contributed by atoms with van der Waals surface area (Å²) < 4.78 is 0. The molecule has 2 heteroatoms. The minimum absolute atomic E-state index is 0.356. The van der Waals surface area contributed by atoms with Crippen molar-refractivity contribution in [1.82, 2.24) is 0 Å². The highest BCUT2D eigenvalue weighted by molar-refractivity contribution is 6.03. The van der Waals surface area contributed by atoms with Crippen LogP contribution in [0.2, 0.25) is 0 Å². The average Bonchev–Trinajstić information content (AvgIpc) is 2.35. The molecule has 16 heavy (non-hydrogen) atoms. The van der Waals surface area contributed by atoms with E-state index in [0.717, 1.165) is 11.1 Å². The molecule has 0 amide bonds. The standard InChI is InChI=1S/C14H15NO/c1-3-13(15)9-8-11-6-5-7-12(10-11)14(16)4-2/h3-10,14-16H,1-2H2. The lowest BCUT2D eigenvalue weighted by Crippen LogP contribution is -1.92. The molecule has 1 aromatic rings. The van der Waals surface area contributed by atoms with Crippen LogP contribution in [0.25, 0.3) is 6.08 Å². The first-order valence-electron chi connectivity index (χ1n) is 4.97. The second kappa shape index (κ2) is 5.83. The Morgan fingerprint density at radius 2 is 2.12 bits per heavy atom. The van der Waals surface area contributed by atoms with Gasteiger partial charge in [-0.25, -0.2) is 0 Å². The molecule has 0 aliphatic heterocycles. The molecule has 0 saturated carbocycles. The summed E-state index contributed by atoms with van der Waals surface area (Å²) in [5.41, 5.74) is 2.09. The fourth-order valence-corrected chi connectivity index (χ4v) is 1.24. The van der Waals surface area contributed by atoms with E-state index in [1.54, 1.807) is 6.08 Å². The van der Waals surface area contributed by atoms with Gasteiger partial charge in [-0.05, 0) is 29.3 Å². The van der Waals surface area contributed by atoms with Gasteiger partial charge in [-0.15, -0.1) is 6.58 Å². The molecule has 1 unspecified atom stereocenters. The molecule has 1 atom stereocenters. The quantitative estimate of drug-likeness (QED) is 0.572. The normalized spacial score (nSPS) is 12.3. The largest absolute Gasteiger partial charge is 0.384 e. The van der Waals surface area contributed by atoms with Crippen molar-refractivity contribution in [3.8, 4) is 0 Å². The third-order valence-electron chi connectivity index (χ3n) is 2.15. The first kappa shape index (κ1) is 12.1. The minimum atomic E-state index is -0.646. The molecule has 0 aliphatic carbocycles. The number of rotatable bonds is 5. The first-order valence-corrected chi connectivity index (χ1v) is 4.97. The molecule has 0 spiro atoms. The molecule has 0 saturated heterocycles. The molecule has 0 bridgehead atoms. The van der Waals surface area contributed by atoms with Gasteiger partial charge < -0.3 is 10.5 Å². The van der Waals surface area contributed by atoms with Crippen LogP contribution in [0, 0.1) is 5.41 Å². The summed E-state index contributed by atoms with van der Waals surface area (Å²) in [5, 5.41) is 17.0. The third kappa shape index (κ3) is 3.33. The van der Waals surface area contributed by atoms with Crippen LogP contribution in [-0.4, -0.2) is 10.8 Å². The molecular formula is C14H15NO. The Kier molecular flexibility index (Phi) is 4.42. The highest BCUT2D eigenvalue weighted by atomic mass is 16.3. The lowest BCUT2D eigenvalue weighted by Gasteiger charge is -2.05. The molecule has 1 aromatic carbocycles. The summed E-state index contributed by atoms with van der Waals surface area (Å²) >= 11 is 0. The van der Waals surface area contributed by atoms with E-state index in [9.17, 15) is 5.11 Å². The topological polar surface area (TPSA) is 44.1 Å². The number of allylic oxidation sites excluding steroid dienone is 2. The van der Waals surface area contributed by atoms with Crippen LogP contribution in [0.5, 0.6) is 0 Å². The van der Waals surface area contributed by atoms with Gasteiger partial charge in [0.25, 0.3) is 0 Å². The highest BCUT2D eigenvalue weighted by Crippen LogP contribution is 2.15. The Morgan fingerprint density at radius 1 is 1.38 bits per heavy atom. The summed E-state index contributed by atoms with van der Waals surface area (Å²) in [5.74, 6) is 0. The van der Waals surface area contributed by atoms with Crippen LogP contribution < -0.4 is 0 Å². The van der Waals surface area contributed by atoms with Gasteiger partial charge in [0.2, 0.25) is 0 Å². The Hall–Kier alpha value is -1.93. The third-order valence-corrected chi connectivity index (χ3v) is 2.15. The second-order valence-corrected chi connectivity index (χ2v) is 3.34. The van der Waals surface area contributed by atoms with Crippen molar-refractivity contribution < 1.29 is 5.11 Å². The first-order chi connectivity index (χ1) is 7.67. The molecule has 2 N–H and O–H groups in total. The van der Waals surface area contributed by atoms with E-state index in [1.807, 2.05) is 30.3 Å². The molecule has 1 rings (SSSR count). The summed E-state index contributed by atoms with van der Waals surface area (Å²) in [6.45, 7) is 7.04. The molecule has 0 heterocycles. The molecule has 2 nitrogen and oxygen atoms in total. The zero-order chi connectivity index (χ0) is 12.0. The molecule has 0 fully saturated rings. The maximum absolute atomic E-state index is 9.58. The van der Waals surface area contributed by atoms with E-state index >= 15 is 0 Å². The number of hydrogen-bond donors (Lipinski definition) is 2. The van der Waals surface area contributed by atoms with Crippen molar-refractivity contribution >= 4 is 11.8 Å². The summed E-state index contributed by atoms with van der Waals surface area (Å²) in [4.78, 5) is 0. The SMILES string of the molecule is C=CC(=N)C=Cc1cccc(C(O)C=C)c1. The van der Waals surface area contributed by atoms with E-state index < -0.39 is 6.10 Å². The zero-order valence-electron chi connectivity index (χ0n) is 9.06. The number of hydrogen-bond acceptors (Lipinski definition) is 2. The zero-order valence-corrected chi connectivity index (χ0v) is 9.06. The number of aliphatic hydroxyl groups excluding tert-OH is 1. The summed E-state index contributed by atoms with van der Waals surface area (Å²) in [7, 11) is 0. The Morgan fingerprint density at radius 3 is 2.75 bits per heavy atom. The Labute approximate surface area is 95.8 Å². The van der Waals surface area contributed by atoms with Crippen LogP contribution >= 0.6 is 0 Å². The van der Waals surface area contributed by atoms with Gasteiger partial charge in [0.05, 0.1) is 11.8 Å². The molecular weight excluding hydrogens is 198 g/mol. The van der Waals surface area contributed by atoms with E-state index in [2.05, 4.69) is 13.2 Å². The Balaban J connectivity index is 2.90. The van der Waals surface area contributed by atoms with Gasteiger partial charge in [0, 0.05) is 0 Å². The van der Waals surface area contributed by atoms with E-state index in [0.29, 0.717) is 5.71 Å². The summed E-state index contributed by atoms with van der Waals surface area (Å²) in [6.07, 6.45) is 5.77. The van der Waals surface area contributed by atoms with Crippen LogP contribution in [0.15, 0.2) is 55.7 Å². The van der Waals surface area contributed by atoms with Crippen LogP contribution in [0.3, 0.4) is 0 Å². The monoisotopic (exact) mass is 213 g/mol. The molecule has 0 radical (unpaired) electrons.